The SMILES string of the molecule is CSc1[c]ccc(NC(C)=O)c1. The van der Waals surface area contributed by atoms with Gasteiger partial charge in [-0.3, -0.25) is 4.79 Å². The number of benzene rings is 1. The summed E-state index contributed by atoms with van der Waals surface area (Å²) in [6.07, 6.45) is 1.98. The zero-order valence-electron chi connectivity index (χ0n) is 7.05. The first-order valence-corrected chi connectivity index (χ1v) is 4.78. The van der Waals surface area contributed by atoms with E-state index < -0.39 is 0 Å². The van der Waals surface area contributed by atoms with Gasteiger partial charge in [0.15, 0.2) is 0 Å². The van der Waals surface area contributed by atoms with Crippen molar-refractivity contribution in [3.05, 3.63) is 24.3 Å². The summed E-state index contributed by atoms with van der Waals surface area (Å²) in [6, 6.07) is 8.56. The molecular weight excluding hydrogens is 170 g/mol. The normalized spacial score (nSPS) is 9.50. The third kappa shape index (κ3) is 2.58. The van der Waals surface area contributed by atoms with Gasteiger partial charge in [-0.25, -0.2) is 0 Å². The minimum absolute atomic E-state index is 0.0479. The number of amides is 1. The summed E-state index contributed by atoms with van der Waals surface area (Å²) < 4.78 is 0. The van der Waals surface area contributed by atoms with Crippen LogP contribution in [0, 0.1) is 6.07 Å². The molecule has 0 aliphatic heterocycles. The molecule has 0 unspecified atom stereocenters. The van der Waals surface area contributed by atoms with Crippen LogP contribution in [0.5, 0.6) is 0 Å². The molecule has 63 valence electrons. The Kier molecular flexibility index (Phi) is 3.17. The molecule has 3 heteroatoms. The maximum absolute atomic E-state index is 10.7. The highest BCUT2D eigenvalue weighted by Crippen LogP contribution is 2.17. The van der Waals surface area contributed by atoms with E-state index in [4.69, 9.17) is 0 Å². The highest BCUT2D eigenvalue weighted by atomic mass is 32.2. The lowest BCUT2D eigenvalue weighted by Gasteiger charge is -2.02. The zero-order chi connectivity index (χ0) is 8.97. The van der Waals surface area contributed by atoms with Gasteiger partial charge in [0.05, 0.1) is 0 Å². The van der Waals surface area contributed by atoms with Gasteiger partial charge in [-0.15, -0.1) is 11.8 Å². The van der Waals surface area contributed by atoms with Crippen molar-refractivity contribution in [1.82, 2.24) is 0 Å². The van der Waals surface area contributed by atoms with Crippen LogP contribution in [0.2, 0.25) is 0 Å². The molecule has 0 atom stereocenters. The molecule has 0 bridgehead atoms. The average Bonchev–Trinajstić information content (AvgIpc) is 2.03. The summed E-state index contributed by atoms with van der Waals surface area (Å²) in [5.74, 6) is -0.0479. The molecule has 0 saturated carbocycles. The van der Waals surface area contributed by atoms with E-state index in [1.807, 2.05) is 18.4 Å². The Morgan fingerprint density at radius 2 is 2.42 bits per heavy atom. The number of carbonyl (C=O) groups excluding carboxylic acids is 1. The van der Waals surface area contributed by atoms with Gasteiger partial charge in [-0.05, 0) is 24.5 Å². The Hall–Kier alpha value is -0.960. The van der Waals surface area contributed by atoms with E-state index in [0.717, 1.165) is 10.6 Å². The van der Waals surface area contributed by atoms with Gasteiger partial charge in [-0.2, -0.15) is 0 Å². The predicted octanol–water partition coefficient (Wildman–Crippen LogP) is 2.17. The van der Waals surface area contributed by atoms with E-state index in [2.05, 4.69) is 11.4 Å². The van der Waals surface area contributed by atoms with Crippen molar-refractivity contribution in [3.63, 3.8) is 0 Å². The number of thioether (sulfide) groups is 1. The second-order valence-electron chi connectivity index (χ2n) is 2.33. The van der Waals surface area contributed by atoms with Crippen molar-refractivity contribution in [2.75, 3.05) is 11.6 Å². The van der Waals surface area contributed by atoms with Crippen LogP contribution in [0.15, 0.2) is 23.1 Å². The molecule has 0 saturated heterocycles. The highest BCUT2D eigenvalue weighted by Gasteiger charge is 1.95. The Bertz CT molecular complexity index is 286. The largest absolute Gasteiger partial charge is 0.326 e. The molecule has 1 radical (unpaired) electrons. The summed E-state index contributed by atoms with van der Waals surface area (Å²) in [5.41, 5.74) is 0.825. The zero-order valence-corrected chi connectivity index (χ0v) is 7.87. The summed E-state index contributed by atoms with van der Waals surface area (Å²) >= 11 is 1.60. The van der Waals surface area contributed by atoms with Crippen molar-refractivity contribution in [3.8, 4) is 0 Å². The first-order chi connectivity index (χ1) is 5.72. The highest BCUT2D eigenvalue weighted by molar-refractivity contribution is 7.98. The number of carbonyl (C=O) groups is 1. The van der Waals surface area contributed by atoms with Gasteiger partial charge in [0.2, 0.25) is 5.91 Å². The van der Waals surface area contributed by atoms with Crippen LogP contribution in [0.4, 0.5) is 5.69 Å². The molecular formula is C9H10NOS. The summed E-state index contributed by atoms with van der Waals surface area (Å²) in [5, 5.41) is 2.71. The molecule has 0 aliphatic rings. The fourth-order valence-corrected chi connectivity index (χ4v) is 1.27. The van der Waals surface area contributed by atoms with Crippen LogP contribution in [0.25, 0.3) is 0 Å². The standard InChI is InChI=1S/C9H10NOS/c1-7(11)10-8-4-3-5-9(6-8)12-2/h3-4,6H,1-2H3,(H,10,11). The molecule has 12 heavy (non-hydrogen) atoms. The molecule has 0 spiro atoms. The Morgan fingerprint density at radius 3 is 3.00 bits per heavy atom. The first-order valence-electron chi connectivity index (χ1n) is 3.55. The molecule has 0 fully saturated rings. The molecule has 0 aliphatic carbocycles. The fourth-order valence-electron chi connectivity index (χ4n) is 0.843. The average molecular weight is 180 g/mol. The molecule has 1 aromatic rings. The van der Waals surface area contributed by atoms with Gasteiger partial charge < -0.3 is 5.32 Å². The van der Waals surface area contributed by atoms with E-state index in [0.29, 0.717) is 0 Å². The van der Waals surface area contributed by atoms with Gasteiger partial charge in [0.25, 0.3) is 0 Å². The summed E-state index contributed by atoms with van der Waals surface area (Å²) in [4.78, 5) is 11.7. The van der Waals surface area contributed by atoms with Gasteiger partial charge in [0.1, 0.15) is 0 Å². The lowest BCUT2D eigenvalue weighted by Crippen LogP contribution is -2.05. The number of anilines is 1. The van der Waals surface area contributed by atoms with Crippen molar-refractivity contribution in [2.24, 2.45) is 0 Å². The lowest BCUT2D eigenvalue weighted by molar-refractivity contribution is -0.114. The van der Waals surface area contributed by atoms with Crippen LogP contribution in [-0.4, -0.2) is 12.2 Å². The van der Waals surface area contributed by atoms with E-state index >= 15 is 0 Å². The first kappa shape index (κ1) is 9.13. The van der Waals surface area contributed by atoms with E-state index in [1.165, 1.54) is 6.92 Å². The van der Waals surface area contributed by atoms with Gasteiger partial charge in [0, 0.05) is 17.5 Å². The van der Waals surface area contributed by atoms with Gasteiger partial charge >= 0.3 is 0 Å². The third-order valence-corrected chi connectivity index (χ3v) is 1.99. The van der Waals surface area contributed by atoms with Crippen LogP contribution < -0.4 is 5.32 Å². The second kappa shape index (κ2) is 4.16. The van der Waals surface area contributed by atoms with E-state index in [-0.39, 0.29) is 5.91 Å². The maximum Gasteiger partial charge on any atom is 0.221 e. The van der Waals surface area contributed by atoms with Crippen molar-refractivity contribution in [1.29, 1.82) is 0 Å². The molecule has 1 amide bonds. The van der Waals surface area contributed by atoms with Crippen molar-refractivity contribution in [2.45, 2.75) is 11.8 Å². The molecule has 2 nitrogen and oxygen atoms in total. The summed E-state index contributed by atoms with van der Waals surface area (Å²) in [7, 11) is 0. The molecule has 1 N–H and O–H groups in total. The number of hydrogen-bond acceptors (Lipinski definition) is 2. The van der Waals surface area contributed by atoms with Crippen LogP contribution in [0.3, 0.4) is 0 Å². The minimum atomic E-state index is -0.0479. The van der Waals surface area contributed by atoms with Crippen LogP contribution in [-0.2, 0) is 4.79 Å². The smallest absolute Gasteiger partial charge is 0.221 e. The van der Waals surface area contributed by atoms with Gasteiger partial charge in [-0.1, -0.05) is 6.07 Å². The Labute approximate surface area is 76.4 Å². The molecule has 0 aromatic heterocycles. The van der Waals surface area contributed by atoms with Crippen molar-refractivity contribution >= 4 is 23.4 Å². The van der Waals surface area contributed by atoms with Crippen LogP contribution >= 0.6 is 11.8 Å². The lowest BCUT2D eigenvalue weighted by atomic mass is 10.3. The third-order valence-electron chi connectivity index (χ3n) is 1.32. The quantitative estimate of drug-likeness (QED) is 0.707. The molecule has 0 heterocycles. The van der Waals surface area contributed by atoms with E-state index in [9.17, 15) is 4.79 Å². The predicted molar refractivity (Wildman–Crippen MR) is 51.4 cm³/mol. The molecule has 1 rings (SSSR count). The summed E-state index contributed by atoms with van der Waals surface area (Å²) in [6.45, 7) is 1.50. The van der Waals surface area contributed by atoms with E-state index in [1.54, 1.807) is 17.8 Å². The van der Waals surface area contributed by atoms with Crippen LogP contribution in [0.1, 0.15) is 6.92 Å². The maximum atomic E-state index is 10.7. The second-order valence-corrected chi connectivity index (χ2v) is 3.17. The molecule has 1 aromatic carbocycles. The Balaban J connectivity index is 2.79. The topological polar surface area (TPSA) is 29.1 Å². The number of nitrogens with one attached hydrogen (secondary N) is 1. The number of rotatable bonds is 2. The number of hydrogen-bond donors (Lipinski definition) is 1. The Morgan fingerprint density at radius 1 is 1.67 bits per heavy atom. The fraction of sp³-hybridized carbons (Fsp3) is 0.222. The van der Waals surface area contributed by atoms with Crippen molar-refractivity contribution < 1.29 is 4.79 Å². The minimum Gasteiger partial charge on any atom is -0.326 e. The monoisotopic (exact) mass is 180 g/mol.